The number of hydrogen-bond donors (Lipinski definition) is 0. The van der Waals surface area contributed by atoms with Gasteiger partial charge in [-0.05, 0) is 18.4 Å². The smallest absolute Gasteiger partial charge is 0.210 e. The summed E-state index contributed by atoms with van der Waals surface area (Å²) in [6, 6.07) is 11.3. The number of carbonyl (C=O) groups is 1. The Bertz CT molecular complexity index is 600. The summed E-state index contributed by atoms with van der Waals surface area (Å²) >= 11 is 6.23. The molecule has 0 aliphatic carbocycles. The highest BCUT2D eigenvalue weighted by Gasteiger charge is 2.27. The van der Waals surface area contributed by atoms with Crippen LogP contribution in [0.25, 0.3) is 0 Å². The third-order valence-corrected chi connectivity index (χ3v) is 3.91. The van der Waals surface area contributed by atoms with E-state index in [1.165, 1.54) is 5.69 Å². The lowest BCUT2D eigenvalue weighted by atomic mass is 10.1. The van der Waals surface area contributed by atoms with Gasteiger partial charge in [0.25, 0.3) is 0 Å². The van der Waals surface area contributed by atoms with Crippen molar-refractivity contribution in [2.45, 2.75) is 25.8 Å². The van der Waals surface area contributed by atoms with Crippen molar-refractivity contribution in [2.24, 2.45) is 0 Å². The molecule has 0 N–H and O–H groups in total. The molecule has 3 heteroatoms. The van der Waals surface area contributed by atoms with Crippen LogP contribution in [0.5, 0.6) is 0 Å². The number of aromatic nitrogens is 1. The quantitative estimate of drug-likeness (QED) is 0.750. The van der Waals surface area contributed by atoms with Crippen molar-refractivity contribution in [1.82, 2.24) is 4.57 Å². The van der Waals surface area contributed by atoms with Crippen LogP contribution in [0.4, 0.5) is 0 Å². The lowest BCUT2D eigenvalue weighted by Gasteiger charge is -2.06. The SMILES string of the molecule is CC1CCn2c1cc(Cl)c2C(=O)c1ccccc1. The van der Waals surface area contributed by atoms with Gasteiger partial charge in [-0.1, -0.05) is 48.9 Å². The summed E-state index contributed by atoms with van der Waals surface area (Å²) < 4.78 is 2.07. The summed E-state index contributed by atoms with van der Waals surface area (Å²) in [4.78, 5) is 12.5. The molecule has 2 heterocycles. The Labute approximate surface area is 111 Å². The summed E-state index contributed by atoms with van der Waals surface area (Å²) in [5, 5.41) is 0.574. The van der Waals surface area contributed by atoms with E-state index >= 15 is 0 Å². The van der Waals surface area contributed by atoms with Crippen LogP contribution in [0.2, 0.25) is 5.02 Å². The molecule has 2 aromatic rings. The van der Waals surface area contributed by atoms with Crippen molar-refractivity contribution in [3.63, 3.8) is 0 Å². The Morgan fingerprint density at radius 2 is 2.06 bits per heavy atom. The van der Waals surface area contributed by atoms with Crippen LogP contribution in [-0.4, -0.2) is 10.4 Å². The van der Waals surface area contributed by atoms with Gasteiger partial charge in [0, 0.05) is 17.8 Å². The molecular weight excluding hydrogens is 246 g/mol. The average molecular weight is 260 g/mol. The number of fused-ring (bicyclic) bond motifs is 1. The average Bonchev–Trinajstić information content (AvgIpc) is 2.89. The summed E-state index contributed by atoms with van der Waals surface area (Å²) in [7, 11) is 0. The second kappa shape index (κ2) is 4.29. The van der Waals surface area contributed by atoms with E-state index in [2.05, 4.69) is 11.5 Å². The molecule has 0 radical (unpaired) electrons. The minimum absolute atomic E-state index is 0.0148. The van der Waals surface area contributed by atoms with Crippen molar-refractivity contribution in [3.8, 4) is 0 Å². The first-order valence-electron chi connectivity index (χ1n) is 6.17. The van der Waals surface area contributed by atoms with E-state index in [4.69, 9.17) is 11.6 Å². The topological polar surface area (TPSA) is 22.0 Å². The van der Waals surface area contributed by atoms with E-state index in [0.29, 0.717) is 22.2 Å². The summed E-state index contributed by atoms with van der Waals surface area (Å²) in [5.74, 6) is 0.501. The molecule has 3 rings (SSSR count). The lowest BCUT2D eigenvalue weighted by molar-refractivity contribution is 0.103. The highest BCUT2D eigenvalue weighted by molar-refractivity contribution is 6.34. The van der Waals surface area contributed by atoms with Crippen molar-refractivity contribution in [3.05, 3.63) is 58.4 Å². The van der Waals surface area contributed by atoms with E-state index < -0.39 is 0 Å². The molecular formula is C15H14ClNO. The summed E-state index contributed by atoms with van der Waals surface area (Å²) in [5.41, 5.74) is 2.52. The fourth-order valence-corrected chi connectivity index (χ4v) is 2.91. The summed E-state index contributed by atoms with van der Waals surface area (Å²) in [6.07, 6.45) is 1.08. The lowest BCUT2D eigenvalue weighted by Crippen LogP contribution is -2.09. The van der Waals surface area contributed by atoms with Crippen LogP contribution in [0.15, 0.2) is 36.4 Å². The number of halogens is 1. The molecule has 1 aliphatic heterocycles. The Hall–Kier alpha value is -1.54. The maximum Gasteiger partial charge on any atom is 0.210 e. The van der Waals surface area contributed by atoms with Gasteiger partial charge in [0.1, 0.15) is 5.69 Å². The van der Waals surface area contributed by atoms with Crippen LogP contribution in [0.1, 0.15) is 41.0 Å². The maximum atomic E-state index is 12.5. The van der Waals surface area contributed by atoms with E-state index in [0.717, 1.165) is 13.0 Å². The van der Waals surface area contributed by atoms with Crippen molar-refractivity contribution < 1.29 is 4.79 Å². The van der Waals surface area contributed by atoms with Crippen LogP contribution >= 0.6 is 11.6 Å². The van der Waals surface area contributed by atoms with Crippen LogP contribution in [-0.2, 0) is 6.54 Å². The van der Waals surface area contributed by atoms with Crippen molar-refractivity contribution in [1.29, 1.82) is 0 Å². The molecule has 0 saturated heterocycles. The second-order valence-electron chi connectivity index (χ2n) is 4.80. The molecule has 0 bridgehead atoms. The standard InChI is InChI=1S/C15H14ClNO/c1-10-7-8-17-13(10)9-12(16)14(17)15(18)11-5-3-2-4-6-11/h2-6,9-10H,7-8H2,1H3. The molecule has 18 heavy (non-hydrogen) atoms. The number of carbonyl (C=O) groups excluding carboxylic acids is 1. The molecule has 0 fully saturated rings. The minimum Gasteiger partial charge on any atom is -0.340 e. The zero-order valence-electron chi connectivity index (χ0n) is 10.2. The second-order valence-corrected chi connectivity index (χ2v) is 5.21. The van der Waals surface area contributed by atoms with Crippen molar-refractivity contribution in [2.75, 3.05) is 0 Å². The van der Waals surface area contributed by atoms with E-state index in [1.54, 1.807) is 0 Å². The molecule has 0 amide bonds. The Kier molecular flexibility index (Phi) is 2.75. The van der Waals surface area contributed by atoms with Gasteiger partial charge >= 0.3 is 0 Å². The molecule has 1 unspecified atom stereocenters. The molecule has 92 valence electrons. The summed E-state index contributed by atoms with van der Waals surface area (Å²) in [6.45, 7) is 3.06. The predicted octanol–water partition coefficient (Wildman–Crippen LogP) is 3.88. The molecule has 1 atom stereocenters. The van der Waals surface area contributed by atoms with Gasteiger partial charge < -0.3 is 4.57 Å². The number of hydrogen-bond acceptors (Lipinski definition) is 1. The van der Waals surface area contributed by atoms with Crippen LogP contribution < -0.4 is 0 Å². The highest BCUT2D eigenvalue weighted by Crippen LogP contribution is 2.35. The van der Waals surface area contributed by atoms with E-state index in [9.17, 15) is 4.79 Å². The predicted molar refractivity (Wildman–Crippen MR) is 72.3 cm³/mol. The molecule has 2 nitrogen and oxygen atoms in total. The fourth-order valence-electron chi connectivity index (χ4n) is 2.61. The Balaban J connectivity index is 2.09. The molecule has 1 aromatic carbocycles. The number of nitrogens with zero attached hydrogens (tertiary/aromatic N) is 1. The van der Waals surface area contributed by atoms with Crippen molar-refractivity contribution >= 4 is 17.4 Å². The minimum atomic E-state index is 0.0148. The molecule has 1 aromatic heterocycles. The highest BCUT2D eigenvalue weighted by atomic mass is 35.5. The number of ketones is 1. The zero-order valence-corrected chi connectivity index (χ0v) is 10.9. The maximum absolute atomic E-state index is 12.5. The first-order chi connectivity index (χ1) is 8.68. The van der Waals surface area contributed by atoms with Gasteiger partial charge in [0.2, 0.25) is 5.78 Å². The Morgan fingerprint density at radius 3 is 2.78 bits per heavy atom. The van der Waals surface area contributed by atoms with Gasteiger partial charge in [0.15, 0.2) is 0 Å². The monoisotopic (exact) mass is 259 g/mol. The zero-order chi connectivity index (χ0) is 12.7. The van der Waals surface area contributed by atoms with Crippen LogP contribution in [0.3, 0.4) is 0 Å². The largest absolute Gasteiger partial charge is 0.340 e. The first kappa shape index (κ1) is 11.5. The number of benzene rings is 1. The Morgan fingerprint density at radius 1 is 1.33 bits per heavy atom. The fraction of sp³-hybridized carbons (Fsp3) is 0.267. The third-order valence-electron chi connectivity index (χ3n) is 3.62. The molecule has 0 saturated carbocycles. The molecule has 1 aliphatic rings. The third kappa shape index (κ3) is 1.68. The normalized spacial score (nSPS) is 17.8. The van der Waals surface area contributed by atoms with E-state index in [-0.39, 0.29) is 5.78 Å². The van der Waals surface area contributed by atoms with Gasteiger partial charge in [-0.25, -0.2) is 0 Å². The van der Waals surface area contributed by atoms with E-state index in [1.807, 2.05) is 36.4 Å². The van der Waals surface area contributed by atoms with Gasteiger partial charge in [0.05, 0.1) is 5.02 Å². The van der Waals surface area contributed by atoms with Gasteiger partial charge in [-0.2, -0.15) is 0 Å². The van der Waals surface area contributed by atoms with Gasteiger partial charge in [-0.15, -0.1) is 0 Å². The number of rotatable bonds is 2. The van der Waals surface area contributed by atoms with Gasteiger partial charge in [-0.3, -0.25) is 4.79 Å². The molecule has 0 spiro atoms. The first-order valence-corrected chi connectivity index (χ1v) is 6.55. The van der Waals surface area contributed by atoms with Crippen LogP contribution in [0, 0.1) is 0 Å².